The number of rotatable bonds is 6. The van der Waals surface area contributed by atoms with E-state index in [1.807, 2.05) is 17.7 Å². The molecule has 4 rings (SSSR count). The van der Waals surface area contributed by atoms with Crippen LogP contribution in [-0.4, -0.2) is 27.9 Å². The van der Waals surface area contributed by atoms with Crippen LogP contribution < -0.4 is 10.0 Å². The Morgan fingerprint density at radius 2 is 1.71 bits per heavy atom. The molecule has 0 aliphatic heterocycles. The van der Waals surface area contributed by atoms with Gasteiger partial charge in [0.1, 0.15) is 23.8 Å². The van der Waals surface area contributed by atoms with E-state index in [0.717, 1.165) is 11.5 Å². The van der Waals surface area contributed by atoms with Gasteiger partial charge in [-0.25, -0.2) is 23.4 Å². The number of nitrogens with zero attached hydrogens (tertiary/aromatic N) is 4. The van der Waals surface area contributed by atoms with Crippen LogP contribution in [0.1, 0.15) is 11.4 Å². The molecule has 0 unspecified atom stereocenters. The summed E-state index contributed by atoms with van der Waals surface area (Å²) < 4.78 is 29.9. The van der Waals surface area contributed by atoms with Gasteiger partial charge in [0.05, 0.1) is 4.90 Å². The average molecular weight is 455 g/mol. The smallest absolute Gasteiger partial charge is 0.262 e. The molecule has 0 saturated heterocycles. The van der Waals surface area contributed by atoms with Crippen LogP contribution in [0.5, 0.6) is 0 Å². The first-order valence-electron chi connectivity index (χ1n) is 9.31. The Bertz CT molecular complexity index is 1340. The third kappa shape index (κ3) is 4.52. The second kappa shape index (κ2) is 8.37. The molecular weight excluding hydrogens is 436 g/mol. The number of imidazole rings is 1. The van der Waals surface area contributed by atoms with Crippen molar-refractivity contribution >= 4 is 38.8 Å². The molecule has 2 heterocycles. The van der Waals surface area contributed by atoms with Gasteiger partial charge in [-0.2, -0.15) is 0 Å². The van der Waals surface area contributed by atoms with Crippen molar-refractivity contribution in [2.45, 2.75) is 18.7 Å². The molecular formula is C21H19ClN6O2S. The first-order chi connectivity index (χ1) is 14.8. The molecule has 0 fully saturated rings. The second-order valence-electron chi connectivity index (χ2n) is 6.78. The Morgan fingerprint density at radius 3 is 2.42 bits per heavy atom. The summed E-state index contributed by atoms with van der Waals surface area (Å²) in [5.74, 6) is 2.10. The molecule has 0 bridgehead atoms. The van der Waals surface area contributed by atoms with Gasteiger partial charge in [0.2, 0.25) is 0 Å². The van der Waals surface area contributed by atoms with E-state index in [4.69, 9.17) is 11.6 Å². The van der Waals surface area contributed by atoms with Crippen molar-refractivity contribution in [2.24, 2.45) is 0 Å². The first kappa shape index (κ1) is 20.8. The molecule has 0 aliphatic carbocycles. The van der Waals surface area contributed by atoms with Crippen molar-refractivity contribution in [3.05, 3.63) is 83.7 Å². The van der Waals surface area contributed by atoms with Crippen molar-refractivity contribution in [1.29, 1.82) is 0 Å². The molecule has 0 radical (unpaired) electrons. The largest absolute Gasteiger partial charge is 0.340 e. The third-order valence-corrected chi connectivity index (χ3v) is 6.58. The Morgan fingerprint density at radius 1 is 0.968 bits per heavy atom. The Balaban J connectivity index is 1.50. The highest BCUT2D eigenvalue weighted by atomic mass is 35.5. The summed E-state index contributed by atoms with van der Waals surface area (Å²) in [5.41, 5.74) is 1.68. The number of benzene rings is 2. The highest BCUT2D eigenvalue weighted by Gasteiger charge is 2.18. The zero-order valence-electron chi connectivity index (χ0n) is 16.7. The van der Waals surface area contributed by atoms with Gasteiger partial charge in [-0.1, -0.05) is 17.7 Å². The summed E-state index contributed by atoms with van der Waals surface area (Å²) in [4.78, 5) is 12.8. The van der Waals surface area contributed by atoms with E-state index < -0.39 is 10.0 Å². The van der Waals surface area contributed by atoms with Crippen molar-refractivity contribution in [2.75, 3.05) is 10.0 Å². The second-order valence-corrected chi connectivity index (χ2v) is 8.83. The SMILES string of the molecule is Cc1c(Cl)cccc1S(=O)(=O)Nc1ccc(Nc2cc(-n3ccnc3C)ncn2)cc1. The maximum atomic E-state index is 12.7. The third-order valence-electron chi connectivity index (χ3n) is 4.64. The van der Waals surface area contributed by atoms with Gasteiger partial charge in [0, 0.05) is 34.9 Å². The average Bonchev–Trinajstić information content (AvgIpc) is 3.17. The number of hydrogen-bond donors (Lipinski definition) is 2. The summed E-state index contributed by atoms with van der Waals surface area (Å²) in [7, 11) is -3.76. The predicted octanol–water partition coefficient (Wildman–Crippen LogP) is 4.48. The van der Waals surface area contributed by atoms with Crippen molar-refractivity contribution in [3.63, 3.8) is 0 Å². The van der Waals surface area contributed by atoms with Crippen molar-refractivity contribution in [1.82, 2.24) is 19.5 Å². The fourth-order valence-electron chi connectivity index (χ4n) is 3.03. The van der Waals surface area contributed by atoms with Gasteiger partial charge in [0.15, 0.2) is 0 Å². The van der Waals surface area contributed by atoms with Gasteiger partial charge in [0.25, 0.3) is 10.0 Å². The topological polar surface area (TPSA) is 102 Å². The van der Waals surface area contributed by atoms with Crippen LogP contribution in [0.25, 0.3) is 5.82 Å². The standard InChI is InChI=1S/C21H19ClN6O2S/c1-14-18(22)4-3-5-19(14)31(29,30)27-17-8-6-16(7-9-17)26-20-12-21(25-13-24-20)28-11-10-23-15(28)2/h3-13,27H,1-2H3,(H,24,25,26). The fraction of sp³-hybridized carbons (Fsp3) is 0.0952. The maximum Gasteiger partial charge on any atom is 0.262 e. The summed E-state index contributed by atoms with van der Waals surface area (Å²) in [6.45, 7) is 3.56. The Kier molecular flexibility index (Phi) is 5.62. The molecule has 2 N–H and O–H groups in total. The molecule has 10 heteroatoms. The molecule has 8 nitrogen and oxygen atoms in total. The minimum atomic E-state index is -3.76. The van der Waals surface area contributed by atoms with Gasteiger partial charge >= 0.3 is 0 Å². The number of hydrogen-bond acceptors (Lipinski definition) is 6. The summed E-state index contributed by atoms with van der Waals surface area (Å²) in [6.07, 6.45) is 4.99. The maximum absolute atomic E-state index is 12.7. The molecule has 0 spiro atoms. The lowest BCUT2D eigenvalue weighted by Crippen LogP contribution is -2.14. The highest BCUT2D eigenvalue weighted by molar-refractivity contribution is 7.92. The summed E-state index contributed by atoms with van der Waals surface area (Å²) in [5, 5.41) is 3.58. The Labute approximate surface area is 185 Å². The van der Waals surface area contributed by atoms with Crippen LogP contribution >= 0.6 is 11.6 Å². The Hall–Kier alpha value is -3.43. The van der Waals surface area contributed by atoms with Crippen LogP contribution in [0.4, 0.5) is 17.2 Å². The van der Waals surface area contributed by atoms with E-state index >= 15 is 0 Å². The lowest BCUT2D eigenvalue weighted by atomic mass is 10.2. The molecule has 0 amide bonds. The first-order valence-corrected chi connectivity index (χ1v) is 11.2. The van der Waals surface area contributed by atoms with Gasteiger partial charge in [-0.05, 0) is 55.8 Å². The normalized spacial score (nSPS) is 11.3. The molecule has 158 valence electrons. The van der Waals surface area contributed by atoms with E-state index in [9.17, 15) is 8.42 Å². The number of sulfonamides is 1. The van der Waals surface area contributed by atoms with Crippen molar-refractivity contribution < 1.29 is 8.42 Å². The quantitative estimate of drug-likeness (QED) is 0.445. The molecule has 2 aromatic carbocycles. The van der Waals surface area contributed by atoms with Gasteiger partial charge in [-0.3, -0.25) is 9.29 Å². The number of halogens is 1. The molecule has 0 aliphatic rings. The minimum Gasteiger partial charge on any atom is -0.340 e. The summed E-state index contributed by atoms with van der Waals surface area (Å²) >= 11 is 6.06. The lowest BCUT2D eigenvalue weighted by molar-refractivity contribution is 0.600. The number of aryl methyl sites for hydroxylation is 1. The minimum absolute atomic E-state index is 0.144. The lowest BCUT2D eigenvalue weighted by Gasteiger charge is -2.12. The zero-order valence-corrected chi connectivity index (χ0v) is 18.3. The zero-order chi connectivity index (χ0) is 22.0. The molecule has 0 saturated carbocycles. The number of aromatic nitrogens is 4. The highest BCUT2D eigenvalue weighted by Crippen LogP contribution is 2.26. The van der Waals surface area contributed by atoms with Crippen LogP contribution in [0.2, 0.25) is 5.02 Å². The molecule has 31 heavy (non-hydrogen) atoms. The van der Waals surface area contributed by atoms with E-state index in [2.05, 4.69) is 25.0 Å². The fourth-order valence-corrected chi connectivity index (χ4v) is 4.58. The number of nitrogens with one attached hydrogen (secondary N) is 2. The number of anilines is 3. The van der Waals surface area contributed by atoms with E-state index in [1.54, 1.807) is 55.6 Å². The van der Waals surface area contributed by atoms with E-state index in [-0.39, 0.29) is 4.90 Å². The molecule has 2 aromatic heterocycles. The van der Waals surface area contributed by atoms with Gasteiger partial charge < -0.3 is 5.32 Å². The van der Waals surface area contributed by atoms with E-state index in [1.165, 1.54) is 12.4 Å². The predicted molar refractivity (Wildman–Crippen MR) is 121 cm³/mol. The van der Waals surface area contributed by atoms with Gasteiger partial charge in [-0.15, -0.1) is 0 Å². The van der Waals surface area contributed by atoms with E-state index in [0.29, 0.717) is 27.9 Å². The van der Waals surface area contributed by atoms with Crippen LogP contribution in [-0.2, 0) is 10.0 Å². The monoisotopic (exact) mass is 454 g/mol. The summed E-state index contributed by atoms with van der Waals surface area (Å²) in [6, 6.07) is 13.4. The molecule has 0 atom stereocenters. The van der Waals surface area contributed by atoms with Crippen LogP contribution in [0, 0.1) is 13.8 Å². The van der Waals surface area contributed by atoms with Crippen LogP contribution in [0.3, 0.4) is 0 Å². The molecule has 4 aromatic rings. The van der Waals surface area contributed by atoms with Crippen LogP contribution in [0.15, 0.2) is 72.1 Å². The van der Waals surface area contributed by atoms with Crippen molar-refractivity contribution in [3.8, 4) is 5.82 Å².